The average molecular weight is 926 g/mol. The van der Waals surface area contributed by atoms with Gasteiger partial charge in [-0.15, -0.1) is 0 Å². The van der Waals surface area contributed by atoms with Crippen molar-refractivity contribution in [2.45, 2.75) is 97.6 Å². The number of aromatic nitrogens is 2. The number of nitrogens with two attached hydrogens (primary N) is 3. The molecule has 2 amide bonds. The number of methoxy groups -OCH3 is 1. The quantitative estimate of drug-likeness (QED) is 0.0750. The van der Waals surface area contributed by atoms with E-state index in [2.05, 4.69) is 26.1 Å². The first-order valence-corrected chi connectivity index (χ1v) is 22.2. The van der Waals surface area contributed by atoms with Gasteiger partial charge in [0, 0.05) is 61.4 Å². The van der Waals surface area contributed by atoms with Crippen LogP contribution < -0.4 is 27.3 Å². The van der Waals surface area contributed by atoms with Gasteiger partial charge in [-0.2, -0.15) is 13.5 Å². The van der Waals surface area contributed by atoms with Gasteiger partial charge in [-0.25, -0.2) is 14.8 Å². The maximum absolute atomic E-state index is 14.9. The third-order valence-electron chi connectivity index (χ3n) is 12.0. The number of esters is 1. The number of rotatable bonds is 15. The topological polar surface area (TPSA) is 243 Å². The van der Waals surface area contributed by atoms with Gasteiger partial charge in [0.1, 0.15) is 30.2 Å². The Kier molecular flexibility index (Phi) is 18.6. The normalized spacial score (nSPS) is 16.9. The Hall–Kier alpha value is -5.68. The summed E-state index contributed by atoms with van der Waals surface area (Å²) < 4.78 is 11.1. The zero-order valence-electron chi connectivity index (χ0n) is 39.5. The third kappa shape index (κ3) is 12.4. The number of nitrogens with zero attached hydrogens (tertiary/aromatic N) is 3. The molecule has 8 N–H and O–H groups in total. The molecule has 1 aliphatic rings. The van der Waals surface area contributed by atoms with Gasteiger partial charge in [-0.05, 0) is 98.1 Å². The number of ketones is 2. The summed E-state index contributed by atoms with van der Waals surface area (Å²) in [6, 6.07) is 14.1. The summed E-state index contributed by atoms with van der Waals surface area (Å²) in [7, 11) is 2.71. The molecule has 1 aromatic heterocycles. The maximum Gasteiger partial charge on any atom is 0.328 e. The number of benzene rings is 3. The summed E-state index contributed by atoms with van der Waals surface area (Å²) >= 11 is 0. The molecule has 0 aliphatic carbocycles. The van der Waals surface area contributed by atoms with E-state index in [0.717, 1.165) is 11.1 Å². The number of carbonyl (C=O) groups is 5. The van der Waals surface area contributed by atoms with Crippen molar-refractivity contribution in [1.29, 1.82) is 0 Å². The van der Waals surface area contributed by atoms with Crippen molar-refractivity contribution in [2.24, 2.45) is 29.0 Å². The highest BCUT2D eigenvalue weighted by molar-refractivity contribution is 7.59. The highest BCUT2D eigenvalue weighted by Crippen LogP contribution is 2.43. The van der Waals surface area contributed by atoms with Crippen molar-refractivity contribution in [3.8, 4) is 34.0 Å². The van der Waals surface area contributed by atoms with Gasteiger partial charge in [0.2, 0.25) is 11.8 Å². The van der Waals surface area contributed by atoms with Crippen LogP contribution in [0.4, 0.5) is 0 Å². The van der Waals surface area contributed by atoms with E-state index in [4.69, 9.17) is 36.6 Å². The molecule has 2 heterocycles. The first-order chi connectivity index (χ1) is 30.8. The summed E-state index contributed by atoms with van der Waals surface area (Å²) in [5.74, 6) is -3.75. The summed E-state index contributed by atoms with van der Waals surface area (Å²) in [5.41, 5.74) is 23.2. The van der Waals surface area contributed by atoms with Crippen LogP contribution in [0.1, 0.15) is 103 Å². The Morgan fingerprint density at radius 2 is 1.59 bits per heavy atom. The Labute approximate surface area is 395 Å². The van der Waals surface area contributed by atoms with Crippen molar-refractivity contribution < 1.29 is 38.6 Å². The molecule has 0 radical (unpaired) electrons. The first-order valence-electron chi connectivity index (χ1n) is 22.2. The average Bonchev–Trinajstić information content (AvgIpc) is 3.26. The number of aryl methyl sites for hydroxylation is 3. The van der Waals surface area contributed by atoms with E-state index in [0.29, 0.717) is 75.7 Å². The van der Waals surface area contributed by atoms with E-state index in [1.807, 2.05) is 24.3 Å². The molecule has 1 aliphatic heterocycles. The molecule has 15 nitrogen and oxygen atoms in total. The number of nitrogens with one attached hydrogen (secondary N) is 1. The molecule has 0 spiro atoms. The molecule has 356 valence electrons. The Morgan fingerprint density at radius 1 is 0.924 bits per heavy atom. The van der Waals surface area contributed by atoms with Gasteiger partial charge in [0.25, 0.3) is 0 Å². The number of fused-ring (bicyclic) bond motifs is 5. The minimum Gasteiger partial charge on any atom is -0.507 e. The molecule has 0 fully saturated rings. The number of phenolic OH excluding ortho intramolecular Hbond substituents is 1. The third-order valence-corrected chi connectivity index (χ3v) is 12.0. The molecular formula is C50H67N7O8S. The van der Waals surface area contributed by atoms with Crippen LogP contribution in [0.15, 0.2) is 54.6 Å². The fourth-order valence-corrected chi connectivity index (χ4v) is 8.41. The Bertz CT molecular complexity index is 2380. The van der Waals surface area contributed by atoms with Gasteiger partial charge < -0.3 is 42.0 Å². The molecule has 16 heteroatoms. The van der Waals surface area contributed by atoms with Crippen LogP contribution in [0.2, 0.25) is 0 Å². The molecule has 4 atom stereocenters. The number of ether oxygens (including phenoxy) is 2. The predicted molar refractivity (Wildman–Crippen MR) is 260 cm³/mol. The van der Waals surface area contributed by atoms with Crippen LogP contribution in [0.25, 0.3) is 22.5 Å². The van der Waals surface area contributed by atoms with Gasteiger partial charge in [0.05, 0.1) is 24.1 Å². The van der Waals surface area contributed by atoms with E-state index in [1.165, 1.54) is 19.1 Å². The van der Waals surface area contributed by atoms with Crippen LogP contribution in [-0.2, 0) is 42.2 Å². The summed E-state index contributed by atoms with van der Waals surface area (Å²) in [6.07, 6.45) is 0.413. The number of amides is 2. The second kappa shape index (κ2) is 23.2. The molecule has 4 aromatic rings. The van der Waals surface area contributed by atoms with E-state index in [1.54, 1.807) is 51.1 Å². The summed E-state index contributed by atoms with van der Waals surface area (Å²) in [6.45, 7) is 12.2. The zero-order chi connectivity index (χ0) is 47.7. The fraction of sp³-hybridized carbons (Fsp3) is 0.460. The summed E-state index contributed by atoms with van der Waals surface area (Å²) in [4.78, 5) is 81.4. The smallest absolute Gasteiger partial charge is 0.328 e. The van der Waals surface area contributed by atoms with Gasteiger partial charge in [0.15, 0.2) is 17.4 Å². The van der Waals surface area contributed by atoms with Crippen molar-refractivity contribution in [3.05, 3.63) is 93.8 Å². The molecule has 0 saturated heterocycles. The lowest BCUT2D eigenvalue weighted by Crippen LogP contribution is -2.46. The number of carbonyl (C=O) groups excluding carboxylic acids is 5. The number of Topliss-reactive ketones (excluding diaryl/α,β-unsaturated/α-hetero) is 2. The lowest BCUT2D eigenvalue weighted by molar-refractivity contribution is -0.146. The maximum atomic E-state index is 14.9. The molecule has 3 aromatic carbocycles. The van der Waals surface area contributed by atoms with Crippen LogP contribution in [-0.4, -0.2) is 95.8 Å². The van der Waals surface area contributed by atoms with Crippen molar-refractivity contribution in [2.75, 3.05) is 40.4 Å². The predicted octanol–water partition coefficient (Wildman–Crippen LogP) is 5.32. The van der Waals surface area contributed by atoms with Crippen LogP contribution in [0, 0.1) is 25.7 Å². The SMILES string of the molecule is COC(=O)[C@@H]1Cc2ccc(OCCN)c(c2)-c2cc(cc(CCCN)c2O)[C@H](N(C)C(=O)[C@H](CCN)CC(=O)c2c(C)nc(-c3ccc(C(C)(C)C)cc3)nc2C)C(=O)C[C@@H](C)C(=O)N1.S. The second-order valence-corrected chi connectivity index (χ2v) is 18.0. The number of aromatic hydroxyl groups is 1. The fourth-order valence-electron chi connectivity index (χ4n) is 8.41. The molecule has 5 rings (SSSR count). The Balaban J connectivity index is 0.00000952. The lowest BCUT2D eigenvalue weighted by atomic mass is 9.86. The van der Waals surface area contributed by atoms with Crippen LogP contribution in [0.5, 0.6) is 11.5 Å². The molecule has 0 unspecified atom stereocenters. The Morgan fingerprint density at radius 3 is 2.18 bits per heavy atom. The summed E-state index contributed by atoms with van der Waals surface area (Å²) in [5, 5.41) is 14.7. The minimum absolute atomic E-state index is 0. The highest BCUT2D eigenvalue weighted by atomic mass is 32.1. The van der Waals surface area contributed by atoms with Gasteiger partial charge in [-0.3, -0.25) is 19.2 Å². The first kappa shape index (κ1) is 52.9. The monoisotopic (exact) mass is 925 g/mol. The van der Waals surface area contributed by atoms with E-state index in [-0.39, 0.29) is 75.8 Å². The standard InChI is InChI=1S/C50H65N7O8.H2S/c1-28-22-41(59)44(57(7)48(62)34(17-19-52)27-40(58)43-29(2)54-46(55-30(43)3)32-12-14-36(15-13-32)50(4,5)6)35-25-33(10-9-18-51)45(60)38(26-35)37-23-31(11-16-42(37)65-21-20-53)24-39(49(63)64-8)56-47(28)61;/h11-16,23,25-26,28,34,39,44,60H,9-10,17-22,24,27,51-53H2,1-8H3,(H,56,61);1H2/t28-,34-,39+,44+;/m1./s1. The van der Waals surface area contributed by atoms with Crippen molar-refractivity contribution in [3.63, 3.8) is 0 Å². The van der Waals surface area contributed by atoms with Crippen molar-refractivity contribution >= 4 is 42.8 Å². The second-order valence-electron chi connectivity index (χ2n) is 18.0. The number of hydrogen-bond donors (Lipinski definition) is 5. The van der Waals surface area contributed by atoms with E-state index < -0.39 is 47.5 Å². The van der Waals surface area contributed by atoms with E-state index >= 15 is 0 Å². The van der Waals surface area contributed by atoms with Crippen molar-refractivity contribution in [1.82, 2.24) is 20.2 Å². The van der Waals surface area contributed by atoms with Gasteiger partial charge in [-0.1, -0.05) is 58.0 Å². The zero-order valence-corrected chi connectivity index (χ0v) is 40.5. The minimum atomic E-state index is -1.30. The van der Waals surface area contributed by atoms with Crippen LogP contribution in [0.3, 0.4) is 0 Å². The van der Waals surface area contributed by atoms with Gasteiger partial charge >= 0.3 is 5.97 Å². The number of phenols is 1. The molecule has 4 bridgehead atoms. The molecule has 0 saturated carbocycles. The largest absolute Gasteiger partial charge is 0.507 e. The van der Waals surface area contributed by atoms with Crippen LogP contribution >= 0.6 is 13.5 Å². The highest BCUT2D eigenvalue weighted by Gasteiger charge is 2.37. The molecule has 66 heavy (non-hydrogen) atoms. The molecular weight excluding hydrogens is 859 g/mol. The number of hydrogen-bond acceptors (Lipinski definition) is 13. The lowest BCUT2D eigenvalue weighted by Gasteiger charge is -2.32. The van der Waals surface area contributed by atoms with E-state index in [9.17, 15) is 29.1 Å². The number of likely N-dealkylation sites (N-methyl/N-ethyl adjacent to an activating group) is 1.